The Bertz CT molecular complexity index is 616. The van der Waals surface area contributed by atoms with Gasteiger partial charge in [0.15, 0.2) is 0 Å². The van der Waals surface area contributed by atoms with Gasteiger partial charge in [0.05, 0.1) is 6.61 Å². The number of para-hydroxylation sites is 1. The first-order chi connectivity index (χ1) is 10.9. The lowest BCUT2D eigenvalue weighted by atomic mass is 10.0. The van der Waals surface area contributed by atoms with Gasteiger partial charge in [0.2, 0.25) is 0 Å². The van der Waals surface area contributed by atoms with Gasteiger partial charge in [-0.15, -0.1) is 0 Å². The third-order valence-corrected chi connectivity index (χ3v) is 3.93. The molecule has 0 atom stereocenters. The van der Waals surface area contributed by atoms with Gasteiger partial charge in [0, 0.05) is 18.7 Å². The van der Waals surface area contributed by atoms with Gasteiger partial charge in [-0.1, -0.05) is 54.6 Å². The summed E-state index contributed by atoms with van der Waals surface area (Å²) in [6.07, 6.45) is 7.87. The summed E-state index contributed by atoms with van der Waals surface area (Å²) in [6, 6.07) is 17.0. The number of hydrogen-bond acceptors (Lipinski definition) is 2. The van der Waals surface area contributed by atoms with E-state index in [1.165, 1.54) is 23.1 Å². The zero-order valence-electron chi connectivity index (χ0n) is 12.9. The quantitative estimate of drug-likeness (QED) is 0.719. The summed E-state index contributed by atoms with van der Waals surface area (Å²) in [5, 5.41) is 3.45. The molecule has 2 heteroatoms. The first kappa shape index (κ1) is 14.9. The molecule has 2 heterocycles. The highest BCUT2D eigenvalue weighted by molar-refractivity contribution is 5.70. The normalized spacial score (nSPS) is 17.5. The fourth-order valence-corrected chi connectivity index (χ4v) is 2.68. The zero-order valence-corrected chi connectivity index (χ0v) is 12.9. The summed E-state index contributed by atoms with van der Waals surface area (Å²) in [6.45, 7) is 2.62. The lowest BCUT2D eigenvalue weighted by molar-refractivity contribution is 0.308. The number of rotatable bonds is 0. The second-order valence-corrected chi connectivity index (χ2v) is 5.64. The molecule has 0 radical (unpaired) electrons. The van der Waals surface area contributed by atoms with Gasteiger partial charge >= 0.3 is 0 Å². The average molecular weight is 293 g/mol. The topological polar surface area (TPSA) is 21.3 Å². The van der Waals surface area contributed by atoms with Gasteiger partial charge < -0.3 is 10.1 Å². The standard InChI is InChI=1S/C20H23NO/c1-2-6-14-21-16-17-10-12-18(13-11-17)19-8-4-5-9-20(19)22-15-7-3-1/h2,4-6,8-13,21H,1,3,7,14-16H2/b6-2-. The van der Waals surface area contributed by atoms with Crippen LogP contribution in [0.2, 0.25) is 0 Å². The Morgan fingerprint density at radius 2 is 1.73 bits per heavy atom. The van der Waals surface area contributed by atoms with E-state index in [9.17, 15) is 0 Å². The highest BCUT2D eigenvalue weighted by Gasteiger charge is 2.06. The fourth-order valence-electron chi connectivity index (χ4n) is 2.68. The van der Waals surface area contributed by atoms with E-state index in [1.54, 1.807) is 0 Å². The maximum Gasteiger partial charge on any atom is 0.127 e. The lowest BCUT2D eigenvalue weighted by Crippen LogP contribution is -2.12. The maximum atomic E-state index is 6.01. The molecule has 2 aromatic carbocycles. The first-order valence-electron chi connectivity index (χ1n) is 8.10. The smallest absolute Gasteiger partial charge is 0.127 e. The number of allylic oxidation sites excluding steroid dienone is 1. The van der Waals surface area contributed by atoms with Gasteiger partial charge in [-0.05, 0) is 36.5 Å². The van der Waals surface area contributed by atoms with E-state index in [-0.39, 0.29) is 0 Å². The molecule has 22 heavy (non-hydrogen) atoms. The monoisotopic (exact) mass is 293 g/mol. The van der Waals surface area contributed by atoms with Crippen molar-refractivity contribution in [3.8, 4) is 16.9 Å². The number of ether oxygens (including phenoxy) is 1. The van der Waals surface area contributed by atoms with Gasteiger partial charge in [-0.3, -0.25) is 0 Å². The van der Waals surface area contributed by atoms with E-state index >= 15 is 0 Å². The maximum absolute atomic E-state index is 6.01. The van der Waals surface area contributed by atoms with Crippen LogP contribution in [0.4, 0.5) is 0 Å². The predicted octanol–water partition coefficient (Wildman–Crippen LogP) is 4.56. The van der Waals surface area contributed by atoms with Crippen LogP contribution >= 0.6 is 0 Å². The summed E-state index contributed by atoms with van der Waals surface area (Å²) < 4.78 is 6.01. The van der Waals surface area contributed by atoms with Crippen molar-refractivity contribution in [2.24, 2.45) is 0 Å². The third kappa shape index (κ3) is 3.99. The molecule has 0 spiro atoms. The van der Waals surface area contributed by atoms with Crippen LogP contribution in [0.3, 0.4) is 0 Å². The molecule has 0 amide bonds. The summed E-state index contributed by atoms with van der Waals surface area (Å²) in [5.74, 6) is 0.982. The summed E-state index contributed by atoms with van der Waals surface area (Å²) in [7, 11) is 0. The number of benzene rings is 2. The molecule has 0 aliphatic carbocycles. The minimum Gasteiger partial charge on any atom is -0.493 e. The van der Waals surface area contributed by atoms with Gasteiger partial charge in [0.1, 0.15) is 5.75 Å². The predicted molar refractivity (Wildman–Crippen MR) is 92.1 cm³/mol. The van der Waals surface area contributed by atoms with E-state index in [2.05, 4.69) is 59.9 Å². The minimum absolute atomic E-state index is 0.779. The van der Waals surface area contributed by atoms with Crippen molar-refractivity contribution < 1.29 is 4.74 Å². The van der Waals surface area contributed by atoms with Crippen molar-refractivity contribution in [1.29, 1.82) is 0 Å². The summed E-state index contributed by atoms with van der Waals surface area (Å²) in [4.78, 5) is 0. The summed E-state index contributed by atoms with van der Waals surface area (Å²) >= 11 is 0. The fraction of sp³-hybridized carbons (Fsp3) is 0.300. The molecule has 0 saturated carbocycles. The molecule has 0 saturated heterocycles. The first-order valence-corrected chi connectivity index (χ1v) is 8.10. The number of fused-ring (bicyclic) bond motifs is 10. The number of hydrogen-bond donors (Lipinski definition) is 1. The molecule has 2 aliphatic rings. The van der Waals surface area contributed by atoms with Crippen molar-refractivity contribution in [2.75, 3.05) is 13.2 Å². The molecule has 0 aromatic heterocycles. The van der Waals surface area contributed by atoms with Crippen LogP contribution in [0.1, 0.15) is 24.8 Å². The molecule has 2 aliphatic heterocycles. The van der Waals surface area contributed by atoms with Crippen LogP contribution in [-0.2, 0) is 6.54 Å². The van der Waals surface area contributed by atoms with Crippen molar-refractivity contribution >= 4 is 0 Å². The Balaban J connectivity index is 1.85. The van der Waals surface area contributed by atoms with E-state index in [0.29, 0.717) is 0 Å². The molecule has 1 N–H and O–H groups in total. The van der Waals surface area contributed by atoms with Gasteiger partial charge in [-0.25, -0.2) is 0 Å². The van der Waals surface area contributed by atoms with Gasteiger partial charge in [-0.2, -0.15) is 0 Å². The molecule has 2 aromatic rings. The second-order valence-electron chi connectivity index (χ2n) is 5.64. The second kappa shape index (κ2) is 7.81. The van der Waals surface area contributed by atoms with Crippen LogP contribution in [0.15, 0.2) is 60.7 Å². The van der Waals surface area contributed by atoms with E-state index < -0.39 is 0 Å². The molecule has 4 rings (SSSR count). The molecule has 2 nitrogen and oxygen atoms in total. The van der Waals surface area contributed by atoms with Crippen molar-refractivity contribution in [3.05, 3.63) is 66.2 Å². The molecule has 0 fully saturated rings. The van der Waals surface area contributed by atoms with Crippen LogP contribution in [0, 0.1) is 0 Å². The minimum atomic E-state index is 0.779. The van der Waals surface area contributed by atoms with Crippen LogP contribution in [-0.4, -0.2) is 13.2 Å². The lowest BCUT2D eigenvalue weighted by Gasteiger charge is -2.12. The average Bonchev–Trinajstić information content (AvgIpc) is 2.56. The van der Waals surface area contributed by atoms with E-state index in [0.717, 1.165) is 38.3 Å². The highest BCUT2D eigenvalue weighted by atomic mass is 16.5. The molecule has 2 bridgehead atoms. The molecule has 114 valence electrons. The molecular formula is C20H23NO. The zero-order chi connectivity index (χ0) is 15.0. The Hall–Kier alpha value is -2.06. The van der Waals surface area contributed by atoms with Crippen molar-refractivity contribution in [2.45, 2.75) is 25.8 Å². The van der Waals surface area contributed by atoms with Crippen LogP contribution < -0.4 is 10.1 Å². The molecular weight excluding hydrogens is 270 g/mol. The van der Waals surface area contributed by atoms with Crippen molar-refractivity contribution in [3.63, 3.8) is 0 Å². The van der Waals surface area contributed by atoms with Crippen molar-refractivity contribution in [1.82, 2.24) is 5.32 Å². The van der Waals surface area contributed by atoms with Gasteiger partial charge in [0.25, 0.3) is 0 Å². The van der Waals surface area contributed by atoms with Crippen LogP contribution in [0.5, 0.6) is 5.75 Å². The Kier molecular flexibility index (Phi) is 5.27. The third-order valence-electron chi connectivity index (χ3n) is 3.93. The Morgan fingerprint density at radius 1 is 0.864 bits per heavy atom. The molecule has 0 unspecified atom stereocenters. The van der Waals surface area contributed by atoms with E-state index in [4.69, 9.17) is 4.74 Å². The van der Waals surface area contributed by atoms with E-state index in [1.807, 2.05) is 6.07 Å². The SMILES string of the molecule is C1=C\CNCc2ccc(cc2)-c2ccccc2OCCCC/1. The number of nitrogens with one attached hydrogen (secondary N) is 1. The summed E-state index contributed by atoms with van der Waals surface area (Å²) in [5.41, 5.74) is 3.70. The largest absolute Gasteiger partial charge is 0.493 e. The Morgan fingerprint density at radius 3 is 2.64 bits per heavy atom. The van der Waals surface area contributed by atoms with Crippen LogP contribution in [0.25, 0.3) is 11.1 Å². The Labute approximate surface area is 132 Å². The highest BCUT2D eigenvalue weighted by Crippen LogP contribution is 2.30.